The third kappa shape index (κ3) is 5.38. The predicted molar refractivity (Wildman–Crippen MR) is 122 cm³/mol. The summed E-state index contributed by atoms with van der Waals surface area (Å²) >= 11 is 0. The van der Waals surface area contributed by atoms with Gasteiger partial charge in [-0.25, -0.2) is 0 Å². The van der Waals surface area contributed by atoms with Gasteiger partial charge in [-0.2, -0.15) is 0 Å². The quantitative estimate of drug-likeness (QED) is 0.742. The molecule has 6 heteroatoms. The first kappa shape index (κ1) is 21.7. The number of ether oxygens (including phenoxy) is 2. The number of carbonyl (C=O) groups is 1. The molecule has 2 aromatic rings. The van der Waals surface area contributed by atoms with Crippen molar-refractivity contribution in [1.29, 1.82) is 0 Å². The lowest BCUT2D eigenvalue weighted by Crippen LogP contribution is -2.49. The van der Waals surface area contributed by atoms with Gasteiger partial charge >= 0.3 is 0 Å². The Balaban J connectivity index is 1.25. The molecule has 1 atom stereocenters. The Bertz CT molecular complexity index is 893. The zero-order valence-corrected chi connectivity index (χ0v) is 18.6. The second kappa shape index (κ2) is 10.2. The van der Waals surface area contributed by atoms with Crippen LogP contribution in [0.15, 0.2) is 42.5 Å². The van der Waals surface area contributed by atoms with E-state index in [9.17, 15) is 4.79 Å². The Labute approximate surface area is 185 Å². The van der Waals surface area contributed by atoms with Gasteiger partial charge in [-0.05, 0) is 48.1 Å². The average molecular weight is 424 g/mol. The number of amides is 1. The van der Waals surface area contributed by atoms with E-state index >= 15 is 0 Å². The normalized spacial score (nSPS) is 19.5. The first-order valence-electron chi connectivity index (χ1n) is 11.2. The summed E-state index contributed by atoms with van der Waals surface area (Å²) in [7, 11) is 3.32. The minimum atomic E-state index is 0.134. The van der Waals surface area contributed by atoms with Gasteiger partial charge < -0.3 is 14.8 Å². The van der Waals surface area contributed by atoms with Crippen LogP contribution in [0.4, 0.5) is 0 Å². The Morgan fingerprint density at radius 3 is 2.52 bits per heavy atom. The second-order valence-electron chi connectivity index (χ2n) is 8.45. The standard InChI is InChI=1S/C25H33N3O3/c1-30-23-11-10-19(16-24(23)31-2)17-27-12-14-28(15-13-27)18-25(29)26-22-9-5-7-20-6-3-4-8-21(20)22/h3-4,6,8,10-11,16,22H,5,7,9,12-15,17-18H2,1-2H3,(H,26,29). The van der Waals surface area contributed by atoms with E-state index in [1.54, 1.807) is 14.2 Å². The van der Waals surface area contributed by atoms with Crippen LogP contribution in [0.1, 0.15) is 35.6 Å². The summed E-state index contributed by atoms with van der Waals surface area (Å²) in [6.07, 6.45) is 3.28. The van der Waals surface area contributed by atoms with Crippen molar-refractivity contribution in [3.63, 3.8) is 0 Å². The molecule has 6 nitrogen and oxygen atoms in total. The van der Waals surface area contributed by atoms with Crippen LogP contribution in [0.5, 0.6) is 11.5 Å². The van der Waals surface area contributed by atoms with Gasteiger partial charge in [0.2, 0.25) is 5.91 Å². The molecule has 1 N–H and O–H groups in total. The smallest absolute Gasteiger partial charge is 0.234 e. The van der Waals surface area contributed by atoms with Gasteiger partial charge in [0.05, 0.1) is 26.8 Å². The first-order valence-corrected chi connectivity index (χ1v) is 11.2. The summed E-state index contributed by atoms with van der Waals surface area (Å²) < 4.78 is 10.7. The van der Waals surface area contributed by atoms with Crippen LogP contribution in [0.3, 0.4) is 0 Å². The summed E-state index contributed by atoms with van der Waals surface area (Å²) in [5, 5.41) is 3.28. The first-order chi connectivity index (χ1) is 15.2. The zero-order chi connectivity index (χ0) is 21.6. The lowest BCUT2D eigenvalue weighted by atomic mass is 9.88. The number of methoxy groups -OCH3 is 2. The van der Waals surface area contributed by atoms with Crippen molar-refractivity contribution < 1.29 is 14.3 Å². The Morgan fingerprint density at radius 1 is 1.00 bits per heavy atom. The van der Waals surface area contributed by atoms with Crippen molar-refractivity contribution in [2.24, 2.45) is 0 Å². The van der Waals surface area contributed by atoms with E-state index in [4.69, 9.17) is 9.47 Å². The largest absolute Gasteiger partial charge is 0.493 e. The van der Waals surface area contributed by atoms with Gasteiger partial charge in [0, 0.05) is 32.7 Å². The maximum Gasteiger partial charge on any atom is 0.234 e. The van der Waals surface area contributed by atoms with E-state index in [1.165, 1.54) is 16.7 Å². The molecule has 1 saturated heterocycles. The lowest BCUT2D eigenvalue weighted by molar-refractivity contribution is -0.123. The molecule has 4 rings (SSSR count). The van der Waals surface area contributed by atoms with E-state index in [1.807, 2.05) is 12.1 Å². The molecule has 1 amide bonds. The molecule has 0 spiro atoms. The third-order valence-electron chi connectivity index (χ3n) is 6.39. The molecule has 0 radical (unpaired) electrons. The second-order valence-corrected chi connectivity index (χ2v) is 8.45. The molecule has 2 aromatic carbocycles. The fourth-order valence-corrected chi connectivity index (χ4v) is 4.69. The molecule has 166 valence electrons. The molecular weight excluding hydrogens is 390 g/mol. The van der Waals surface area contributed by atoms with Gasteiger partial charge in [-0.1, -0.05) is 30.3 Å². The number of hydrogen-bond acceptors (Lipinski definition) is 5. The van der Waals surface area contributed by atoms with Crippen LogP contribution in [-0.2, 0) is 17.8 Å². The molecule has 1 aliphatic carbocycles. The summed E-state index contributed by atoms with van der Waals surface area (Å²) in [5.74, 6) is 1.65. The van der Waals surface area contributed by atoms with Gasteiger partial charge in [0.1, 0.15) is 0 Å². The number of nitrogens with one attached hydrogen (secondary N) is 1. The van der Waals surface area contributed by atoms with E-state index in [0.717, 1.165) is 63.5 Å². The maximum absolute atomic E-state index is 12.7. The third-order valence-corrected chi connectivity index (χ3v) is 6.39. The molecule has 1 fully saturated rings. The number of nitrogens with zero attached hydrogens (tertiary/aromatic N) is 2. The Kier molecular flexibility index (Phi) is 7.10. The van der Waals surface area contributed by atoms with Crippen LogP contribution in [-0.4, -0.2) is 62.7 Å². The summed E-state index contributed by atoms with van der Waals surface area (Å²) in [4.78, 5) is 17.4. The molecule has 1 heterocycles. The number of fused-ring (bicyclic) bond motifs is 1. The predicted octanol–water partition coefficient (Wildman–Crippen LogP) is 3.02. The van der Waals surface area contributed by atoms with E-state index in [-0.39, 0.29) is 11.9 Å². The highest BCUT2D eigenvalue weighted by Crippen LogP contribution is 2.30. The van der Waals surface area contributed by atoms with Gasteiger partial charge in [-0.3, -0.25) is 14.6 Å². The van der Waals surface area contributed by atoms with Crippen LogP contribution >= 0.6 is 0 Å². The topological polar surface area (TPSA) is 54.0 Å². The van der Waals surface area contributed by atoms with Crippen molar-refractivity contribution in [2.45, 2.75) is 31.8 Å². The van der Waals surface area contributed by atoms with Gasteiger partial charge in [0.25, 0.3) is 0 Å². The average Bonchev–Trinajstić information content (AvgIpc) is 2.80. The number of aryl methyl sites for hydroxylation is 1. The summed E-state index contributed by atoms with van der Waals surface area (Å²) in [6, 6.07) is 14.7. The minimum Gasteiger partial charge on any atom is -0.493 e. The van der Waals surface area contributed by atoms with Crippen molar-refractivity contribution in [2.75, 3.05) is 46.9 Å². The molecule has 31 heavy (non-hydrogen) atoms. The van der Waals surface area contributed by atoms with Crippen molar-refractivity contribution in [1.82, 2.24) is 15.1 Å². The van der Waals surface area contributed by atoms with Crippen molar-refractivity contribution in [3.05, 3.63) is 59.2 Å². The number of carbonyl (C=O) groups excluding carboxylic acids is 1. The molecule has 1 aliphatic heterocycles. The van der Waals surface area contributed by atoms with E-state index in [2.05, 4.69) is 45.4 Å². The summed E-state index contributed by atoms with van der Waals surface area (Å²) in [6.45, 7) is 5.06. The minimum absolute atomic E-state index is 0.134. The lowest BCUT2D eigenvalue weighted by Gasteiger charge is -2.35. The van der Waals surface area contributed by atoms with E-state index < -0.39 is 0 Å². The highest BCUT2D eigenvalue weighted by Gasteiger charge is 2.24. The highest BCUT2D eigenvalue weighted by atomic mass is 16.5. The monoisotopic (exact) mass is 423 g/mol. The molecular formula is C25H33N3O3. The van der Waals surface area contributed by atoms with Crippen molar-refractivity contribution >= 4 is 5.91 Å². The summed E-state index contributed by atoms with van der Waals surface area (Å²) in [5.41, 5.74) is 3.88. The van der Waals surface area contributed by atoms with Gasteiger partial charge in [0.15, 0.2) is 11.5 Å². The molecule has 2 aliphatic rings. The van der Waals surface area contributed by atoms with Crippen LogP contribution in [0, 0.1) is 0 Å². The Hall–Kier alpha value is -2.57. The Morgan fingerprint density at radius 2 is 1.74 bits per heavy atom. The molecule has 0 saturated carbocycles. The fraction of sp³-hybridized carbons (Fsp3) is 0.480. The molecule has 1 unspecified atom stereocenters. The zero-order valence-electron chi connectivity index (χ0n) is 18.6. The molecule has 0 aromatic heterocycles. The fourth-order valence-electron chi connectivity index (χ4n) is 4.69. The van der Waals surface area contributed by atoms with Crippen molar-refractivity contribution in [3.8, 4) is 11.5 Å². The maximum atomic E-state index is 12.7. The highest BCUT2D eigenvalue weighted by molar-refractivity contribution is 5.78. The number of piperazine rings is 1. The number of benzene rings is 2. The molecule has 0 bridgehead atoms. The SMILES string of the molecule is COc1ccc(CN2CCN(CC(=O)NC3CCCc4ccccc43)CC2)cc1OC. The number of hydrogen-bond donors (Lipinski definition) is 1. The van der Waals surface area contributed by atoms with Crippen LogP contribution in [0.2, 0.25) is 0 Å². The van der Waals surface area contributed by atoms with E-state index in [0.29, 0.717) is 6.54 Å². The van der Waals surface area contributed by atoms with Gasteiger partial charge in [-0.15, -0.1) is 0 Å². The number of rotatable bonds is 7. The van der Waals surface area contributed by atoms with Crippen LogP contribution < -0.4 is 14.8 Å². The van der Waals surface area contributed by atoms with Crippen LogP contribution in [0.25, 0.3) is 0 Å².